The Morgan fingerprint density at radius 1 is 1.29 bits per heavy atom. The lowest BCUT2D eigenvalue weighted by Gasteiger charge is -2.19. The molecular weight excluding hydrogens is 311 g/mol. The van der Waals surface area contributed by atoms with Crippen LogP contribution >= 0.6 is 0 Å². The second-order valence-corrected chi connectivity index (χ2v) is 5.88. The Balaban J connectivity index is 1.80. The SMILES string of the molecule is CN=C(NCC(=O)NCCOC)NCC1(c2ccccc2F)CC1. The van der Waals surface area contributed by atoms with Gasteiger partial charge >= 0.3 is 0 Å². The lowest BCUT2D eigenvalue weighted by molar-refractivity contribution is -0.120. The minimum atomic E-state index is -0.177. The predicted molar refractivity (Wildman–Crippen MR) is 91.6 cm³/mol. The van der Waals surface area contributed by atoms with Crippen LogP contribution in [-0.2, 0) is 14.9 Å². The lowest BCUT2D eigenvalue weighted by atomic mass is 9.95. The lowest BCUT2D eigenvalue weighted by Crippen LogP contribution is -2.45. The molecule has 0 heterocycles. The summed E-state index contributed by atoms with van der Waals surface area (Å²) >= 11 is 0. The molecule has 1 aliphatic carbocycles. The molecule has 0 atom stereocenters. The number of hydrogen-bond acceptors (Lipinski definition) is 3. The molecule has 0 bridgehead atoms. The summed E-state index contributed by atoms with van der Waals surface area (Å²) in [5.74, 6) is 0.224. The molecule has 1 fully saturated rings. The number of halogens is 1. The highest BCUT2D eigenvalue weighted by atomic mass is 19.1. The third-order valence-corrected chi connectivity index (χ3v) is 4.16. The number of ether oxygens (including phenoxy) is 1. The number of guanidine groups is 1. The van der Waals surface area contributed by atoms with Crippen molar-refractivity contribution < 1.29 is 13.9 Å². The van der Waals surface area contributed by atoms with Crippen molar-refractivity contribution in [2.45, 2.75) is 18.3 Å². The molecule has 0 unspecified atom stereocenters. The van der Waals surface area contributed by atoms with Gasteiger partial charge in [0.15, 0.2) is 5.96 Å². The number of benzene rings is 1. The zero-order valence-corrected chi connectivity index (χ0v) is 14.2. The summed E-state index contributed by atoms with van der Waals surface area (Å²) in [7, 11) is 3.22. The summed E-state index contributed by atoms with van der Waals surface area (Å²) in [6.07, 6.45) is 1.88. The Labute approximate surface area is 141 Å². The second-order valence-electron chi connectivity index (χ2n) is 5.88. The van der Waals surface area contributed by atoms with Crippen LogP contribution in [-0.4, -0.2) is 52.3 Å². The standard InChI is InChI=1S/C17H25FN4O2/c1-19-16(21-11-15(23)20-9-10-24-2)22-12-17(7-8-17)13-5-3-4-6-14(13)18/h3-6H,7-12H2,1-2H3,(H,20,23)(H2,19,21,22). The van der Waals surface area contributed by atoms with Gasteiger partial charge < -0.3 is 20.7 Å². The maximum Gasteiger partial charge on any atom is 0.239 e. The topological polar surface area (TPSA) is 74.8 Å². The second kappa shape index (κ2) is 8.63. The number of hydrogen-bond donors (Lipinski definition) is 3. The molecule has 1 saturated carbocycles. The summed E-state index contributed by atoms with van der Waals surface area (Å²) in [5.41, 5.74) is 0.564. The van der Waals surface area contributed by atoms with Gasteiger partial charge in [-0.2, -0.15) is 0 Å². The van der Waals surface area contributed by atoms with E-state index in [9.17, 15) is 9.18 Å². The molecule has 24 heavy (non-hydrogen) atoms. The third kappa shape index (κ3) is 4.92. The number of carbonyl (C=O) groups is 1. The molecule has 2 rings (SSSR count). The van der Waals surface area contributed by atoms with Crippen molar-refractivity contribution in [2.24, 2.45) is 4.99 Å². The molecule has 0 radical (unpaired) electrons. The zero-order valence-electron chi connectivity index (χ0n) is 14.2. The van der Waals surface area contributed by atoms with Crippen LogP contribution in [0.1, 0.15) is 18.4 Å². The smallest absolute Gasteiger partial charge is 0.239 e. The van der Waals surface area contributed by atoms with Crippen LogP contribution < -0.4 is 16.0 Å². The van der Waals surface area contributed by atoms with E-state index in [1.807, 2.05) is 12.1 Å². The van der Waals surface area contributed by atoms with Crippen LogP contribution in [0.15, 0.2) is 29.3 Å². The molecule has 3 N–H and O–H groups in total. The van der Waals surface area contributed by atoms with Crippen molar-refractivity contribution in [1.29, 1.82) is 0 Å². The number of amides is 1. The predicted octanol–water partition coefficient (Wildman–Crippen LogP) is 0.785. The maximum absolute atomic E-state index is 14.0. The first-order chi connectivity index (χ1) is 11.6. The van der Waals surface area contributed by atoms with Crippen LogP contribution in [0.2, 0.25) is 0 Å². The molecule has 1 aliphatic rings. The maximum atomic E-state index is 14.0. The van der Waals surface area contributed by atoms with Crippen LogP contribution in [0.5, 0.6) is 0 Å². The van der Waals surface area contributed by atoms with Crippen molar-refractivity contribution in [3.05, 3.63) is 35.6 Å². The van der Waals surface area contributed by atoms with E-state index >= 15 is 0 Å². The van der Waals surface area contributed by atoms with Gasteiger partial charge in [0.2, 0.25) is 5.91 Å². The third-order valence-electron chi connectivity index (χ3n) is 4.16. The number of carbonyl (C=O) groups excluding carboxylic acids is 1. The first-order valence-corrected chi connectivity index (χ1v) is 8.06. The van der Waals surface area contributed by atoms with Gasteiger partial charge in [-0.3, -0.25) is 9.79 Å². The van der Waals surface area contributed by atoms with E-state index < -0.39 is 0 Å². The largest absolute Gasteiger partial charge is 0.383 e. The molecule has 132 valence electrons. The highest BCUT2D eigenvalue weighted by molar-refractivity contribution is 5.86. The summed E-state index contributed by atoms with van der Waals surface area (Å²) in [5, 5.41) is 8.87. The quantitative estimate of drug-likeness (QED) is 0.373. The van der Waals surface area contributed by atoms with E-state index in [2.05, 4.69) is 20.9 Å². The van der Waals surface area contributed by atoms with Crippen LogP contribution in [0.3, 0.4) is 0 Å². The molecule has 0 aromatic heterocycles. The van der Waals surface area contributed by atoms with Crippen LogP contribution in [0.25, 0.3) is 0 Å². The molecular formula is C17H25FN4O2. The Kier molecular flexibility index (Phi) is 6.54. The van der Waals surface area contributed by atoms with Gasteiger partial charge in [0, 0.05) is 32.7 Å². The van der Waals surface area contributed by atoms with Crippen molar-refractivity contribution in [2.75, 3.05) is 40.4 Å². The van der Waals surface area contributed by atoms with E-state index in [0.29, 0.717) is 25.7 Å². The summed E-state index contributed by atoms with van der Waals surface area (Å²) < 4.78 is 18.9. The van der Waals surface area contributed by atoms with Gasteiger partial charge in [0.05, 0.1) is 13.2 Å². The summed E-state index contributed by atoms with van der Waals surface area (Å²) in [6.45, 7) is 1.65. The summed E-state index contributed by atoms with van der Waals surface area (Å²) in [4.78, 5) is 15.8. The van der Waals surface area contributed by atoms with Gasteiger partial charge in [-0.05, 0) is 24.5 Å². The van der Waals surface area contributed by atoms with Crippen LogP contribution in [0.4, 0.5) is 4.39 Å². The average molecular weight is 336 g/mol. The molecule has 0 saturated heterocycles. The molecule has 7 heteroatoms. The van der Waals surface area contributed by atoms with E-state index in [1.54, 1.807) is 20.2 Å². The van der Waals surface area contributed by atoms with Crippen molar-refractivity contribution in [1.82, 2.24) is 16.0 Å². The number of methoxy groups -OCH3 is 1. The van der Waals surface area contributed by atoms with Gasteiger partial charge in [-0.1, -0.05) is 18.2 Å². The van der Waals surface area contributed by atoms with Crippen molar-refractivity contribution >= 4 is 11.9 Å². The number of nitrogens with zero attached hydrogens (tertiary/aromatic N) is 1. The van der Waals surface area contributed by atoms with E-state index in [1.165, 1.54) is 6.07 Å². The molecule has 1 aromatic rings. The molecule has 0 spiro atoms. The Hall–Kier alpha value is -2.15. The van der Waals surface area contributed by atoms with Crippen LogP contribution in [0, 0.1) is 5.82 Å². The monoisotopic (exact) mass is 336 g/mol. The minimum absolute atomic E-state index is 0.121. The molecule has 1 aromatic carbocycles. The number of aliphatic imine (C=N–C) groups is 1. The highest BCUT2D eigenvalue weighted by Crippen LogP contribution is 2.48. The average Bonchev–Trinajstić information content (AvgIpc) is 3.36. The normalized spacial score (nSPS) is 15.7. The van der Waals surface area contributed by atoms with Gasteiger partial charge in [0.1, 0.15) is 5.82 Å². The van der Waals surface area contributed by atoms with E-state index in [0.717, 1.165) is 18.4 Å². The van der Waals surface area contributed by atoms with E-state index in [4.69, 9.17) is 4.74 Å². The fourth-order valence-electron chi connectivity index (χ4n) is 2.58. The number of nitrogens with one attached hydrogen (secondary N) is 3. The summed E-state index contributed by atoms with van der Waals surface area (Å²) in [6, 6.07) is 6.89. The fourth-order valence-corrected chi connectivity index (χ4v) is 2.58. The Morgan fingerprint density at radius 3 is 2.67 bits per heavy atom. The van der Waals surface area contributed by atoms with Gasteiger partial charge in [-0.15, -0.1) is 0 Å². The first-order valence-electron chi connectivity index (χ1n) is 8.06. The first kappa shape index (κ1) is 18.2. The molecule has 1 amide bonds. The Morgan fingerprint density at radius 2 is 2.04 bits per heavy atom. The minimum Gasteiger partial charge on any atom is -0.383 e. The van der Waals surface area contributed by atoms with E-state index in [-0.39, 0.29) is 23.7 Å². The molecule has 6 nitrogen and oxygen atoms in total. The van der Waals surface area contributed by atoms with Gasteiger partial charge in [-0.25, -0.2) is 4.39 Å². The molecule has 0 aliphatic heterocycles. The number of rotatable bonds is 8. The highest BCUT2D eigenvalue weighted by Gasteiger charge is 2.45. The Bertz CT molecular complexity index is 588. The van der Waals surface area contributed by atoms with Gasteiger partial charge in [0.25, 0.3) is 0 Å². The van der Waals surface area contributed by atoms with Crippen molar-refractivity contribution in [3.8, 4) is 0 Å². The van der Waals surface area contributed by atoms with Crippen molar-refractivity contribution in [3.63, 3.8) is 0 Å². The fraction of sp³-hybridized carbons (Fsp3) is 0.529. The zero-order chi connectivity index (χ0) is 17.4.